The van der Waals surface area contributed by atoms with Crippen LogP contribution in [0.3, 0.4) is 0 Å². The molecule has 3 N–H and O–H groups in total. The number of aromatic amines is 1. The number of anilines is 1. The van der Waals surface area contributed by atoms with E-state index in [1.807, 2.05) is 20.8 Å². The fourth-order valence-electron chi connectivity index (χ4n) is 2.59. The Morgan fingerprint density at radius 1 is 1.56 bits per heavy atom. The molecule has 1 fully saturated rings. The predicted octanol–water partition coefficient (Wildman–Crippen LogP) is 2.35. The van der Waals surface area contributed by atoms with Gasteiger partial charge in [-0.3, -0.25) is 9.89 Å². The van der Waals surface area contributed by atoms with E-state index in [0.29, 0.717) is 17.9 Å². The molecule has 25 heavy (non-hydrogen) atoms. The molecule has 0 bridgehead atoms. The van der Waals surface area contributed by atoms with Crippen LogP contribution in [0, 0.1) is 18.3 Å². The molecule has 3 rings (SSSR count). The lowest BCUT2D eigenvalue weighted by Crippen LogP contribution is -2.33. The van der Waals surface area contributed by atoms with Gasteiger partial charge >= 0.3 is 0 Å². The molecule has 134 valence electrons. The van der Waals surface area contributed by atoms with E-state index in [0.717, 1.165) is 30.5 Å². The van der Waals surface area contributed by atoms with Crippen molar-refractivity contribution in [2.45, 2.75) is 46.1 Å². The number of carbonyl (C=O) groups excluding carboxylic acids is 1. The number of amides is 1. The highest BCUT2D eigenvalue weighted by Crippen LogP contribution is 2.19. The second-order valence-electron chi connectivity index (χ2n) is 5.20. The standard InChI is InChI=1S/C9H12N2O.C6H7N5.C2H6/c1-2-9(12)11-7-3-4-8(11)5-6-10;1-3-4-5(7)8-2-9-6(4)11-10-3;1-2/h2,8H,1,3-5,7H2;2H,1H3,(H3,7,8,9,10,11);1-2H3. The number of nitrogens with zero attached hydrogens (tertiary/aromatic N) is 5. The minimum absolute atomic E-state index is 0.0484. The maximum Gasteiger partial charge on any atom is 0.246 e. The number of fused-ring (bicyclic) bond motifs is 1. The molecule has 0 aliphatic carbocycles. The van der Waals surface area contributed by atoms with Crippen molar-refractivity contribution in [1.82, 2.24) is 25.1 Å². The van der Waals surface area contributed by atoms with E-state index in [2.05, 4.69) is 32.8 Å². The molecule has 0 aromatic carbocycles. The van der Waals surface area contributed by atoms with Crippen LogP contribution in [0.15, 0.2) is 19.0 Å². The third kappa shape index (κ3) is 5.01. The van der Waals surface area contributed by atoms with E-state index < -0.39 is 0 Å². The highest BCUT2D eigenvalue weighted by molar-refractivity contribution is 5.87. The molecule has 2 aromatic heterocycles. The summed E-state index contributed by atoms with van der Waals surface area (Å²) in [5, 5.41) is 16.0. The van der Waals surface area contributed by atoms with Gasteiger partial charge in [0.15, 0.2) is 5.65 Å². The van der Waals surface area contributed by atoms with Crippen molar-refractivity contribution >= 4 is 22.8 Å². The summed E-state index contributed by atoms with van der Waals surface area (Å²) >= 11 is 0. The number of hydrogen-bond acceptors (Lipinski definition) is 6. The lowest BCUT2D eigenvalue weighted by atomic mass is 10.1. The number of rotatable bonds is 2. The number of aryl methyl sites for hydroxylation is 1. The molecule has 1 unspecified atom stereocenters. The molecule has 1 amide bonds. The second kappa shape index (κ2) is 10.0. The average molecular weight is 343 g/mol. The number of hydrogen-bond donors (Lipinski definition) is 2. The van der Waals surface area contributed by atoms with E-state index in [1.54, 1.807) is 4.90 Å². The van der Waals surface area contributed by atoms with Crippen LogP contribution >= 0.6 is 0 Å². The van der Waals surface area contributed by atoms with Crippen LogP contribution in [-0.4, -0.2) is 43.6 Å². The Labute approximate surface area is 147 Å². The Hall–Kier alpha value is -2.95. The lowest BCUT2D eigenvalue weighted by Gasteiger charge is -2.20. The lowest BCUT2D eigenvalue weighted by molar-refractivity contribution is -0.126. The van der Waals surface area contributed by atoms with Crippen molar-refractivity contribution in [3.8, 4) is 6.07 Å². The van der Waals surface area contributed by atoms with Crippen LogP contribution in [0.4, 0.5) is 5.82 Å². The maximum absolute atomic E-state index is 11.2. The summed E-state index contributed by atoms with van der Waals surface area (Å²) in [6, 6.07) is 2.22. The van der Waals surface area contributed by atoms with Crippen LogP contribution in [0.2, 0.25) is 0 Å². The minimum Gasteiger partial charge on any atom is -0.383 e. The third-order valence-electron chi connectivity index (χ3n) is 3.72. The molecule has 0 radical (unpaired) electrons. The first-order valence-corrected chi connectivity index (χ1v) is 8.29. The maximum atomic E-state index is 11.2. The summed E-state index contributed by atoms with van der Waals surface area (Å²) in [5.74, 6) is 0.425. The van der Waals surface area contributed by atoms with Gasteiger partial charge in [-0.15, -0.1) is 0 Å². The zero-order chi connectivity index (χ0) is 18.8. The summed E-state index contributed by atoms with van der Waals surface area (Å²) in [4.78, 5) is 20.7. The first-order chi connectivity index (χ1) is 12.1. The number of carbonyl (C=O) groups is 1. The number of nitrogen functional groups attached to an aromatic ring is 1. The fourth-order valence-corrected chi connectivity index (χ4v) is 2.59. The number of nitrogens with one attached hydrogen (secondary N) is 1. The fraction of sp³-hybridized carbons (Fsp3) is 0.471. The SMILES string of the molecule is C=CC(=O)N1CCCC1CC#N.CC.Cc1[nH]nc2ncnc(N)c12. The summed E-state index contributed by atoms with van der Waals surface area (Å²) in [7, 11) is 0. The first-order valence-electron chi connectivity index (χ1n) is 8.29. The quantitative estimate of drug-likeness (QED) is 0.806. The summed E-state index contributed by atoms with van der Waals surface area (Å²) in [5.41, 5.74) is 7.11. The molecule has 0 saturated carbocycles. The van der Waals surface area contributed by atoms with Crippen LogP contribution < -0.4 is 5.73 Å². The smallest absolute Gasteiger partial charge is 0.246 e. The van der Waals surface area contributed by atoms with E-state index in [-0.39, 0.29) is 11.9 Å². The van der Waals surface area contributed by atoms with E-state index >= 15 is 0 Å². The van der Waals surface area contributed by atoms with E-state index in [9.17, 15) is 4.79 Å². The van der Waals surface area contributed by atoms with Crippen molar-refractivity contribution in [1.29, 1.82) is 5.26 Å². The monoisotopic (exact) mass is 343 g/mol. The topological polar surface area (TPSA) is 125 Å². The van der Waals surface area contributed by atoms with Gasteiger partial charge in [-0.2, -0.15) is 10.4 Å². The summed E-state index contributed by atoms with van der Waals surface area (Å²) in [6.45, 7) is 10.1. The Kier molecular flexibility index (Phi) is 8.06. The molecule has 3 heterocycles. The molecule has 1 aliphatic heterocycles. The van der Waals surface area contributed by atoms with Gasteiger partial charge in [0, 0.05) is 18.3 Å². The first kappa shape index (κ1) is 20.1. The Bertz CT molecular complexity index is 747. The largest absolute Gasteiger partial charge is 0.383 e. The Morgan fingerprint density at radius 3 is 2.88 bits per heavy atom. The highest BCUT2D eigenvalue weighted by atomic mass is 16.2. The third-order valence-corrected chi connectivity index (χ3v) is 3.72. The molecule has 8 nitrogen and oxygen atoms in total. The van der Waals surface area contributed by atoms with Gasteiger partial charge in [-0.05, 0) is 25.8 Å². The zero-order valence-electron chi connectivity index (χ0n) is 15.0. The number of nitriles is 1. The summed E-state index contributed by atoms with van der Waals surface area (Å²) < 4.78 is 0. The highest BCUT2D eigenvalue weighted by Gasteiger charge is 2.26. The van der Waals surface area contributed by atoms with Gasteiger partial charge in [-0.25, -0.2) is 9.97 Å². The molecular formula is C17H25N7O. The van der Waals surface area contributed by atoms with Crippen LogP contribution in [-0.2, 0) is 4.79 Å². The second-order valence-corrected chi connectivity index (χ2v) is 5.20. The van der Waals surface area contributed by atoms with Crippen LogP contribution in [0.25, 0.3) is 11.0 Å². The van der Waals surface area contributed by atoms with Gasteiger partial charge in [0.05, 0.1) is 17.9 Å². The molecule has 0 spiro atoms. The van der Waals surface area contributed by atoms with Gasteiger partial charge in [-0.1, -0.05) is 20.4 Å². The molecule has 1 atom stereocenters. The molecule has 2 aromatic rings. The minimum atomic E-state index is -0.0484. The van der Waals surface area contributed by atoms with Gasteiger partial charge in [0.1, 0.15) is 12.1 Å². The van der Waals surface area contributed by atoms with Crippen LogP contribution in [0.1, 0.15) is 38.8 Å². The molecule has 1 saturated heterocycles. The van der Waals surface area contributed by atoms with Crippen molar-refractivity contribution in [2.75, 3.05) is 12.3 Å². The zero-order valence-corrected chi connectivity index (χ0v) is 15.0. The van der Waals surface area contributed by atoms with E-state index in [1.165, 1.54) is 12.4 Å². The average Bonchev–Trinajstić information content (AvgIpc) is 3.25. The normalized spacial score (nSPS) is 15.4. The van der Waals surface area contributed by atoms with Crippen molar-refractivity contribution < 1.29 is 4.79 Å². The Morgan fingerprint density at radius 2 is 2.28 bits per heavy atom. The van der Waals surface area contributed by atoms with Crippen LogP contribution in [0.5, 0.6) is 0 Å². The number of nitrogens with two attached hydrogens (primary N) is 1. The van der Waals surface area contributed by atoms with Gasteiger partial charge < -0.3 is 10.6 Å². The van der Waals surface area contributed by atoms with Gasteiger partial charge in [0.2, 0.25) is 5.91 Å². The number of H-pyrrole nitrogens is 1. The number of aromatic nitrogens is 4. The van der Waals surface area contributed by atoms with Crippen molar-refractivity contribution in [3.05, 3.63) is 24.7 Å². The number of likely N-dealkylation sites (tertiary alicyclic amines) is 1. The molecule has 8 heteroatoms. The predicted molar refractivity (Wildman–Crippen MR) is 97.3 cm³/mol. The molecular weight excluding hydrogens is 318 g/mol. The van der Waals surface area contributed by atoms with Gasteiger partial charge in [0.25, 0.3) is 0 Å². The van der Waals surface area contributed by atoms with Crippen molar-refractivity contribution in [3.63, 3.8) is 0 Å². The molecule has 1 aliphatic rings. The van der Waals surface area contributed by atoms with E-state index in [4.69, 9.17) is 11.0 Å². The van der Waals surface area contributed by atoms with Crippen molar-refractivity contribution in [2.24, 2.45) is 0 Å². The Balaban J connectivity index is 0.000000228. The summed E-state index contributed by atoms with van der Waals surface area (Å²) in [6.07, 6.45) is 5.12.